The molecular formula is C10H20N2O3. The summed E-state index contributed by atoms with van der Waals surface area (Å²) in [6.07, 6.45) is 0.390. The number of amides is 1. The highest BCUT2D eigenvalue weighted by Gasteiger charge is 2.33. The van der Waals surface area contributed by atoms with Crippen LogP contribution >= 0.6 is 0 Å². The van der Waals surface area contributed by atoms with Gasteiger partial charge in [0.25, 0.3) is 0 Å². The standard InChI is InChI=1S/C10H20N2O3/c1-5-9(12(14)15)8(4)10(13)11(6-2)7-3/h8-9H,5-7H2,1-4H3/t8-,9-/m1/s1. The first-order valence-corrected chi connectivity index (χ1v) is 5.41. The Bertz CT molecular complexity index is 227. The molecule has 0 rings (SSSR count). The van der Waals surface area contributed by atoms with E-state index in [1.54, 1.807) is 18.7 Å². The van der Waals surface area contributed by atoms with Gasteiger partial charge in [-0.25, -0.2) is 0 Å². The van der Waals surface area contributed by atoms with Gasteiger partial charge in [-0.1, -0.05) is 6.92 Å². The monoisotopic (exact) mass is 216 g/mol. The molecule has 0 aromatic carbocycles. The third-order valence-electron chi connectivity index (χ3n) is 2.73. The van der Waals surface area contributed by atoms with Gasteiger partial charge < -0.3 is 4.90 Å². The van der Waals surface area contributed by atoms with Gasteiger partial charge in [-0.15, -0.1) is 0 Å². The molecule has 1 amide bonds. The zero-order chi connectivity index (χ0) is 12.0. The molecule has 0 fully saturated rings. The van der Waals surface area contributed by atoms with Crippen LogP contribution in [0.2, 0.25) is 0 Å². The fourth-order valence-corrected chi connectivity index (χ4v) is 1.67. The SMILES string of the molecule is CC[C@H]([C@@H](C)C(=O)N(CC)CC)[N+](=O)[O-]. The van der Waals surface area contributed by atoms with Crippen molar-refractivity contribution in [2.45, 2.75) is 40.2 Å². The summed E-state index contributed by atoms with van der Waals surface area (Å²) in [5.74, 6) is -0.659. The molecule has 0 aliphatic carbocycles. The maximum absolute atomic E-state index is 11.8. The molecule has 0 aliphatic heterocycles. The molecular weight excluding hydrogens is 196 g/mol. The van der Waals surface area contributed by atoms with E-state index in [1.807, 2.05) is 13.8 Å². The number of nitrogens with zero attached hydrogens (tertiary/aromatic N) is 2. The minimum absolute atomic E-state index is 0.122. The van der Waals surface area contributed by atoms with Gasteiger partial charge in [-0.2, -0.15) is 0 Å². The molecule has 0 aromatic heterocycles. The molecule has 0 aromatic rings. The van der Waals surface area contributed by atoms with Crippen molar-refractivity contribution in [2.24, 2.45) is 5.92 Å². The maximum atomic E-state index is 11.8. The quantitative estimate of drug-likeness (QED) is 0.500. The smallest absolute Gasteiger partial charge is 0.232 e. The van der Waals surface area contributed by atoms with Gasteiger partial charge in [-0.3, -0.25) is 14.9 Å². The summed E-state index contributed by atoms with van der Waals surface area (Å²) in [4.78, 5) is 23.8. The topological polar surface area (TPSA) is 63.5 Å². The first kappa shape index (κ1) is 13.9. The van der Waals surface area contributed by atoms with E-state index in [0.29, 0.717) is 19.5 Å². The number of hydrogen-bond acceptors (Lipinski definition) is 3. The molecule has 0 bridgehead atoms. The summed E-state index contributed by atoms with van der Waals surface area (Å²) in [5, 5.41) is 10.7. The van der Waals surface area contributed by atoms with E-state index in [9.17, 15) is 14.9 Å². The summed E-state index contributed by atoms with van der Waals surface area (Å²) in [6.45, 7) is 8.33. The van der Waals surface area contributed by atoms with Gasteiger partial charge in [0.05, 0.1) is 0 Å². The maximum Gasteiger partial charge on any atom is 0.232 e. The molecule has 0 unspecified atom stereocenters. The van der Waals surface area contributed by atoms with Crippen LogP contribution < -0.4 is 0 Å². The molecule has 0 aliphatic rings. The van der Waals surface area contributed by atoms with Gasteiger partial charge in [0.1, 0.15) is 5.92 Å². The van der Waals surface area contributed by atoms with Crippen molar-refractivity contribution >= 4 is 5.91 Å². The van der Waals surface area contributed by atoms with Crippen LogP contribution in [0.25, 0.3) is 0 Å². The van der Waals surface area contributed by atoms with Crippen LogP contribution in [-0.4, -0.2) is 34.9 Å². The predicted molar refractivity (Wildman–Crippen MR) is 58.2 cm³/mol. The van der Waals surface area contributed by atoms with Gasteiger partial charge in [0, 0.05) is 24.4 Å². The van der Waals surface area contributed by atoms with E-state index < -0.39 is 12.0 Å². The molecule has 0 radical (unpaired) electrons. The third-order valence-corrected chi connectivity index (χ3v) is 2.73. The normalized spacial score (nSPS) is 14.4. The minimum Gasteiger partial charge on any atom is -0.343 e. The van der Waals surface area contributed by atoms with Crippen LogP contribution in [0.3, 0.4) is 0 Å². The zero-order valence-electron chi connectivity index (χ0n) is 9.90. The average Bonchev–Trinajstić information content (AvgIpc) is 2.19. The third kappa shape index (κ3) is 3.49. The number of nitro groups is 1. The molecule has 88 valence electrons. The zero-order valence-corrected chi connectivity index (χ0v) is 9.90. The summed E-state index contributed by atoms with van der Waals surface area (Å²) in [6, 6.07) is -0.766. The Morgan fingerprint density at radius 3 is 2.07 bits per heavy atom. The van der Waals surface area contributed by atoms with Crippen molar-refractivity contribution < 1.29 is 9.72 Å². The molecule has 0 spiro atoms. The van der Waals surface area contributed by atoms with Crippen molar-refractivity contribution in [3.05, 3.63) is 10.1 Å². The lowest BCUT2D eigenvalue weighted by molar-refractivity contribution is -0.529. The first-order chi connectivity index (χ1) is 6.99. The van der Waals surface area contributed by atoms with Gasteiger partial charge in [-0.05, 0) is 20.8 Å². The second kappa shape index (κ2) is 6.37. The van der Waals surface area contributed by atoms with E-state index in [-0.39, 0.29) is 10.8 Å². The van der Waals surface area contributed by atoms with Crippen molar-refractivity contribution in [1.82, 2.24) is 4.90 Å². The van der Waals surface area contributed by atoms with E-state index >= 15 is 0 Å². The van der Waals surface area contributed by atoms with Crippen molar-refractivity contribution in [1.29, 1.82) is 0 Å². The summed E-state index contributed by atoms with van der Waals surface area (Å²) < 4.78 is 0. The summed E-state index contributed by atoms with van der Waals surface area (Å²) in [7, 11) is 0. The Balaban J connectivity index is 4.59. The molecule has 5 heteroatoms. The van der Waals surface area contributed by atoms with Crippen LogP contribution in [-0.2, 0) is 4.79 Å². The lowest BCUT2D eigenvalue weighted by Crippen LogP contribution is -2.42. The molecule has 2 atom stereocenters. The van der Waals surface area contributed by atoms with Gasteiger partial charge in [0.2, 0.25) is 11.9 Å². The second-order valence-electron chi connectivity index (χ2n) is 3.56. The van der Waals surface area contributed by atoms with Crippen molar-refractivity contribution in [3.63, 3.8) is 0 Å². The number of rotatable bonds is 6. The van der Waals surface area contributed by atoms with Gasteiger partial charge >= 0.3 is 0 Å². The van der Waals surface area contributed by atoms with Crippen molar-refractivity contribution in [3.8, 4) is 0 Å². The molecule has 0 N–H and O–H groups in total. The van der Waals surface area contributed by atoms with E-state index in [0.717, 1.165) is 0 Å². The van der Waals surface area contributed by atoms with Crippen LogP contribution in [0.4, 0.5) is 0 Å². The van der Waals surface area contributed by atoms with Crippen molar-refractivity contribution in [2.75, 3.05) is 13.1 Å². The molecule has 15 heavy (non-hydrogen) atoms. The highest BCUT2D eigenvalue weighted by atomic mass is 16.6. The highest BCUT2D eigenvalue weighted by Crippen LogP contribution is 2.13. The number of carbonyl (C=O) groups is 1. The summed E-state index contributed by atoms with van der Waals surface area (Å²) >= 11 is 0. The average molecular weight is 216 g/mol. The lowest BCUT2D eigenvalue weighted by atomic mass is 9.98. The Morgan fingerprint density at radius 1 is 1.33 bits per heavy atom. The van der Waals surface area contributed by atoms with Crippen LogP contribution in [0.5, 0.6) is 0 Å². The fourth-order valence-electron chi connectivity index (χ4n) is 1.67. The summed E-state index contributed by atoms with van der Waals surface area (Å²) in [5.41, 5.74) is 0. The Hall–Kier alpha value is -1.13. The van der Waals surface area contributed by atoms with Gasteiger partial charge in [0.15, 0.2) is 0 Å². The largest absolute Gasteiger partial charge is 0.343 e. The van der Waals surface area contributed by atoms with E-state index in [2.05, 4.69) is 0 Å². The number of carbonyl (C=O) groups excluding carboxylic acids is 1. The Kier molecular flexibility index (Phi) is 5.89. The fraction of sp³-hybridized carbons (Fsp3) is 0.900. The lowest BCUT2D eigenvalue weighted by Gasteiger charge is -2.24. The highest BCUT2D eigenvalue weighted by molar-refractivity contribution is 5.79. The minimum atomic E-state index is -0.766. The van der Waals surface area contributed by atoms with Crippen LogP contribution in [0.1, 0.15) is 34.1 Å². The molecule has 5 nitrogen and oxygen atoms in total. The van der Waals surface area contributed by atoms with Crippen LogP contribution in [0, 0.1) is 16.0 Å². The van der Waals surface area contributed by atoms with E-state index in [4.69, 9.17) is 0 Å². The van der Waals surface area contributed by atoms with Crippen LogP contribution in [0.15, 0.2) is 0 Å². The Labute approximate surface area is 90.6 Å². The molecule has 0 saturated carbocycles. The second-order valence-corrected chi connectivity index (χ2v) is 3.56. The first-order valence-electron chi connectivity index (χ1n) is 5.41. The number of hydrogen-bond donors (Lipinski definition) is 0. The molecule has 0 saturated heterocycles. The van der Waals surface area contributed by atoms with E-state index in [1.165, 1.54) is 0 Å². The predicted octanol–water partition coefficient (Wildman–Crippen LogP) is 1.55. The molecule has 0 heterocycles. The Morgan fingerprint density at radius 2 is 1.80 bits per heavy atom.